The maximum absolute atomic E-state index is 14.5. The second kappa shape index (κ2) is 8.60. The third-order valence-electron chi connectivity index (χ3n) is 6.02. The molecule has 14 heteroatoms. The summed E-state index contributed by atoms with van der Waals surface area (Å²) in [5.41, 5.74) is 0.709. The molecule has 5 rings (SSSR count). The molecule has 3 heterocycles. The van der Waals surface area contributed by atoms with Crippen LogP contribution >= 0.6 is 0 Å². The molecule has 2 atom stereocenters. The Bertz CT molecular complexity index is 1340. The Balaban J connectivity index is 1.35. The van der Waals surface area contributed by atoms with Crippen LogP contribution < -0.4 is 10.1 Å². The standard InChI is InChI=1S/C21H21F4N5O4S/c22-15-9-17(12-1-3-13(4-2-12)34-21(23,24)25)30-18(15)10-26-20(28-30)27-16-7-8-29(11-19(16)31)35(32,33)14-5-6-14/h1-4,9-10,14,16,19,31H,5-8,11H2,(H,27,28)/t16-,19-/m1/s1. The number of aromatic nitrogens is 3. The SMILES string of the molecule is O=S(=O)(C1CC1)N1CC[C@@H](Nc2ncc3c(F)cc(-c4ccc(OC(F)(F)F)cc4)n3n2)[C@H](O)C1. The van der Waals surface area contributed by atoms with Crippen LogP contribution in [0.4, 0.5) is 23.5 Å². The van der Waals surface area contributed by atoms with E-state index in [0.717, 1.165) is 12.1 Å². The summed E-state index contributed by atoms with van der Waals surface area (Å²) < 4.78 is 83.0. The fourth-order valence-electron chi connectivity index (χ4n) is 4.10. The number of β-amino-alcohol motifs (C(OH)–C–C–N with tert-alkyl or cyclic N) is 1. The van der Waals surface area contributed by atoms with Gasteiger partial charge in [-0.3, -0.25) is 0 Å². The Morgan fingerprint density at radius 3 is 2.49 bits per heavy atom. The summed E-state index contributed by atoms with van der Waals surface area (Å²) in [5, 5.41) is 17.4. The highest BCUT2D eigenvalue weighted by Gasteiger charge is 2.43. The van der Waals surface area contributed by atoms with E-state index in [1.165, 1.54) is 33.2 Å². The molecule has 0 radical (unpaired) electrons. The summed E-state index contributed by atoms with van der Waals surface area (Å²) in [6, 6.07) is 5.57. The Labute approximate surface area is 197 Å². The van der Waals surface area contributed by atoms with E-state index < -0.39 is 40.1 Å². The zero-order valence-corrected chi connectivity index (χ0v) is 18.9. The number of nitrogens with zero attached hydrogens (tertiary/aromatic N) is 4. The van der Waals surface area contributed by atoms with E-state index in [4.69, 9.17) is 0 Å². The fraction of sp³-hybridized carbons (Fsp3) is 0.429. The lowest BCUT2D eigenvalue weighted by Crippen LogP contribution is -2.52. The molecule has 1 aliphatic carbocycles. The molecule has 9 nitrogen and oxygen atoms in total. The average Bonchev–Trinajstić information content (AvgIpc) is 3.60. The number of benzene rings is 1. The van der Waals surface area contributed by atoms with Gasteiger partial charge in [0.1, 0.15) is 11.3 Å². The first-order valence-corrected chi connectivity index (χ1v) is 12.4. The number of aliphatic hydroxyl groups is 1. The van der Waals surface area contributed by atoms with Crippen LogP contribution in [0.5, 0.6) is 5.75 Å². The van der Waals surface area contributed by atoms with E-state index in [9.17, 15) is 31.1 Å². The van der Waals surface area contributed by atoms with Crippen molar-refractivity contribution in [2.24, 2.45) is 0 Å². The van der Waals surface area contributed by atoms with Crippen molar-refractivity contribution in [3.8, 4) is 17.0 Å². The average molecular weight is 515 g/mol. The zero-order valence-electron chi connectivity index (χ0n) is 18.1. The van der Waals surface area contributed by atoms with Crippen molar-refractivity contribution in [1.82, 2.24) is 18.9 Å². The summed E-state index contributed by atoms with van der Waals surface area (Å²) in [6.45, 7) is 0.194. The lowest BCUT2D eigenvalue weighted by Gasteiger charge is -2.35. The Morgan fingerprint density at radius 2 is 1.86 bits per heavy atom. The Hall–Kier alpha value is -2.97. The first-order valence-electron chi connectivity index (χ1n) is 10.9. The van der Waals surface area contributed by atoms with E-state index in [2.05, 4.69) is 20.1 Å². The summed E-state index contributed by atoms with van der Waals surface area (Å²) in [5.74, 6) is -0.960. The van der Waals surface area contributed by atoms with Crippen LogP contribution in [0, 0.1) is 5.82 Å². The Kier molecular flexibility index (Phi) is 5.84. The lowest BCUT2D eigenvalue weighted by atomic mass is 10.0. The number of piperidine rings is 1. The van der Waals surface area contributed by atoms with E-state index in [1.54, 1.807) is 0 Å². The molecule has 2 fully saturated rings. The molecule has 35 heavy (non-hydrogen) atoms. The highest BCUT2D eigenvalue weighted by Crippen LogP contribution is 2.33. The Morgan fingerprint density at radius 1 is 1.14 bits per heavy atom. The number of ether oxygens (including phenoxy) is 1. The van der Waals surface area contributed by atoms with Crippen molar-refractivity contribution in [3.05, 3.63) is 42.3 Å². The van der Waals surface area contributed by atoms with E-state index in [1.807, 2.05) is 0 Å². The molecular formula is C21H21F4N5O4S. The molecule has 2 aliphatic rings. The molecule has 3 aromatic rings. The van der Waals surface area contributed by atoms with E-state index >= 15 is 0 Å². The maximum atomic E-state index is 14.5. The van der Waals surface area contributed by atoms with Crippen LogP contribution in [-0.2, 0) is 10.0 Å². The van der Waals surface area contributed by atoms with Crippen LogP contribution in [0.1, 0.15) is 19.3 Å². The van der Waals surface area contributed by atoms with Gasteiger partial charge in [0.2, 0.25) is 16.0 Å². The van der Waals surface area contributed by atoms with Gasteiger partial charge < -0.3 is 15.2 Å². The molecular weight excluding hydrogens is 494 g/mol. The minimum atomic E-state index is -4.83. The van der Waals surface area contributed by atoms with Gasteiger partial charge in [0.15, 0.2) is 5.82 Å². The van der Waals surface area contributed by atoms with Crippen LogP contribution in [0.2, 0.25) is 0 Å². The first kappa shape index (κ1) is 23.8. The summed E-state index contributed by atoms with van der Waals surface area (Å²) in [4.78, 5) is 4.09. The van der Waals surface area contributed by atoms with Gasteiger partial charge in [-0.15, -0.1) is 18.3 Å². The van der Waals surface area contributed by atoms with Gasteiger partial charge in [0, 0.05) is 24.7 Å². The number of anilines is 1. The number of hydrogen-bond donors (Lipinski definition) is 2. The lowest BCUT2D eigenvalue weighted by molar-refractivity contribution is -0.274. The van der Waals surface area contributed by atoms with Crippen LogP contribution in [0.15, 0.2) is 36.5 Å². The molecule has 0 amide bonds. The van der Waals surface area contributed by atoms with Crippen LogP contribution in [0.3, 0.4) is 0 Å². The topological polar surface area (TPSA) is 109 Å². The number of sulfonamides is 1. The zero-order chi connectivity index (χ0) is 25.0. The number of rotatable bonds is 6. The van der Waals surface area contributed by atoms with Crippen molar-refractivity contribution < 1.29 is 35.8 Å². The number of aliphatic hydroxyl groups excluding tert-OH is 1. The number of fused-ring (bicyclic) bond motifs is 1. The molecule has 0 unspecified atom stereocenters. The second-order valence-electron chi connectivity index (χ2n) is 8.54. The minimum Gasteiger partial charge on any atom is -0.406 e. The summed E-state index contributed by atoms with van der Waals surface area (Å²) in [7, 11) is -3.40. The van der Waals surface area contributed by atoms with E-state index in [0.29, 0.717) is 24.8 Å². The molecule has 1 saturated carbocycles. The monoisotopic (exact) mass is 515 g/mol. The fourth-order valence-corrected chi connectivity index (χ4v) is 5.97. The van der Waals surface area contributed by atoms with Crippen molar-refractivity contribution in [3.63, 3.8) is 0 Å². The quantitative estimate of drug-likeness (QED) is 0.486. The van der Waals surface area contributed by atoms with Crippen molar-refractivity contribution >= 4 is 21.5 Å². The van der Waals surface area contributed by atoms with Crippen molar-refractivity contribution in [1.29, 1.82) is 0 Å². The molecule has 0 bridgehead atoms. The number of alkyl halides is 3. The molecule has 0 spiro atoms. The third-order valence-corrected chi connectivity index (χ3v) is 8.38. The molecule has 1 aromatic carbocycles. The summed E-state index contributed by atoms with van der Waals surface area (Å²) in [6.07, 6.45) is -2.99. The molecule has 188 valence electrons. The number of hydrogen-bond acceptors (Lipinski definition) is 7. The number of nitrogens with one attached hydrogen (secondary N) is 1. The minimum absolute atomic E-state index is 0.0471. The van der Waals surface area contributed by atoms with Gasteiger partial charge in [-0.05, 0) is 43.5 Å². The highest BCUT2D eigenvalue weighted by molar-refractivity contribution is 7.90. The molecule has 2 N–H and O–H groups in total. The predicted molar refractivity (Wildman–Crippen MR) is 117 cm³/mol. The molecule has 2 aromatic heterocycles. The van der Waals surface area contributed by atoms with Crippen LogP contribution in [0.25, 0.3) is 16.8 Å². The summed E-state index contributed by atoms with van der Waals surface area (Å²) >= 11 is 0. The van der Waals surface area contributed by atoms with Crippen molar-refractivity contribution in [2.45, 2.75) is 43.0 Å². The molecule has 1 aliphatic heterocycles. The highest BCUT2D eigenvalue weighted by atomic mass is 32.2. The normalized spacial score (nSPS) is 21.9. The molecule has 1 saturated heterocycles. The maximum Gasteiger partial charge on any atom is 0.573 e. The van der Waals surface area contributed by atoms with Crippen molar-refractivity contribution in [2.75, 3.05) is 18.4 Å². The van der Waals surface area contributed by atoms with E-state index in [-0.39, 0.29) is 35.5 Å². The van der Waals surface area contributed by atoms with Gasteiger partial charge in [-0.25, -0.2) is 22.3 Å². The van der Waals surface area contributed by atoms with Gasteiger partial charge in [-0.1, -0.05) is 0 Å². The van der Waals surface area contributed by atoms with Gasteiger partial charge in [-0.2, -0.15) is 4.31 Å². The predicted octanol–water partition coefficient (Wildman–Crippen LogP) is 2.77. The van der Waals surface area contributed by atoms with Gasteiger partial charge in [0.25, 0.3) is 0 Å². The second-order valence-corrected chi connectivity index (χ2v) is 10.8. The first-order chi connectivity index (χ1) is 16.5. The van der Waals surface area contributed by atoms with Gasteiger partial charge >= 0.3 is 6.36 Å². The number of halogens is 4. The van der Waals surface area contributed by atoms with Crippen LogP contribution in [-0.4, -0.2) is 69.3 Å². The smallest absolute Gasteiger partial charge is 0.406 e. The van der Waals surface area contributed by atoms with Gasteiger partial charge in [0.05, 0.1) is 29.3 Å². The third kappa shape index (κ3) is 4.90. The largest absolute Gasteiger partial charge is 0.573 e.